The minimum absolute atomic E-state index is 0.216. The molecule has 0 radical (unpaired) electrons. The molecule has 0 amide bonds. The molecule has 29 heavy (non-hydrogen) atoms. The van der Waals surface area contributed by atoms with Crippen molar-refractivity contribution in [2.75, 3.05) is 32.8 Å². The third kappa shape index (κ3) is 5.38. The van der Waals surface area contributed by atoms with E-state index >= 15 is 0 Å². The predicted molar refractivity (Wildman–Crippen MR) is 112 cm³/mol. The molecule has 1 aromatic carbocycles. The number of fused-ring (bicyclic) bond motifs is 1. The van der Waals surface area contributed by atoms with Gasteiger partial charge in [0.15, 0.2) is 5.96 Å². The number of hydrogen-bond donors (Lipinski definition) is 3. The first kappa shape index (κ1) is 19.5. The molecule has 4 rings (SSSR count). The summed E-state index contributed by atoms with van der Waals surface area (Å²) in [6, 6.07) is 8.69. The van der Waals surface area contributed by atoms with Crippen molar-refractivity contribution in [3.8, 4) is 0 Å². The van der Waals surface area contributed by atoms with Crippen LogP contribution < -0.4 is 10.6 Å². The van der Waals surface area contributed by atoms with Gasteiger partial charge in [0.2, 0.25) is 0 Å². The van der Waals surface area contributed by atoms with Crippen molar-refractivity contribution in [2.24, 2.45) is 10.9 Å². The van der Waals surface area contributed by atoms with Gasteiger partial charge in [-0.3, -0.25) is 4.99 Å². The Hall–Kier alpha value is -2.80. The normalized spacial score (nSPS) is 17.1. The second-order valence-corrected chi connectivity index (χ2v) is 7.36. The molecule has 1 aliphatic heterocycles. The highest BCUT2D eigenvalue weighted by molar-refractivity contribution is 5.83. The smallest absolute Gasteiger partial charge is 0.191 e. The second kappa shape index (κ2) is 9.60. The molecule has 1 atom stereocenters. The Labute approximate surface area is 169 Å². The number of aromatic nitrogens is 1. The quantitative estimate of drug-likeness (QED) is 0.402. The van der Waals surface area contributed by atoms with Gasteiger partial charge in [0, 0.05) is 55.7 Å². The molecule has 2 aromatic heterocycles. The van der Waals surface area contributed by atoms with Crippen molar-refractivity contribution in [1.29, 1.82) is 0 Å². The molecule has 154 valence electrons. The van der Waals surface area contributed by atoms with E-state index in [1.165, 1.54) is 6.07 Å². The Bertz CT molecular complexity index is 930. The maximum atomic E-state index is 13.6. The number of guanidine groups is 1. The number of ether oxygens (including phenoxy) is 1. The van der Waals surface area contributed by atoms with Gasteiger partial charge in [0.1, 0.15) is 11.6 Å². The molecule has 3 N–H and O–H groups in total. The van der Waals surface area contributed by atoms with E-state index in [4.69, 9.17) is 14.1 Å². The Morgan fingerprint density at radius 2 is 2.10 bits per heavy atom. The van der Waals surface area contributed by atoms with Crippen LogP contribution >= 0.6 is 0 Å². The number of benzene rings is 1. The summed E-state index contributed by atoms with van der Waals surface area (Å²) in [6.45, 7) is 3.79. The molecule has 0 saturated carbocycles. The first-order valence-corrected chi connectivity index (χ1v) is 10.2. The molecule has 1 unspecified atom stereocenters. The van der Waals surface area contributed by atoms with Crippen LogP contribution in [0.2, 0.25) is 0 Å². The Morgan fingerprint density at radius 1 is 1.21 bits per heavy atom. The van der Waals surface area contributed by atoms with Crippen LogP contribution in [0.5, 0.6) is 0 Å². The summed E-state index contributed by atoms with van der Waals surface area (Å²) in [6.07, 6.45) is 6.26. The van der Waals surface area contributed by atoms with E-state index in [1.807, 2.05) is 18.3 Å². The van der Waals surface area contributed by atoms with Crippen LogP contribution in [-0.2, 0) is 17.6 Å². The molecule has 0 aliphatic carbocycles. The Balaban J connectivity index is 1.33. The number of aromatic amines is 1. The van der Waals surface area contributed by atoms with Crippen LogP contribution in [0.25, 0.3) is 10.9 Å². The fraction of sp³-hybridized carbons (Fsp3) is 0.409. The molecule has 3 aromatic rings. The van der Waals surface area contributed by atoms with Gasteiger partial charge in [-0.15, -0.1) is 0 Å². The van der Waals surface area contributed by atoms with Crippen LogP contribution in [0.15, 0.2) is 52.2 Å². The average Bonchev–Trinajstić information content (AvgIpc) is 3.48. The summed E-state index contributed by atoms with van der Waals surface area (Å²) in [7, 11) is 0. The van der Waals surface area contributed by atoms with E-state index in [1.54, 1.807) is 18.4 Å². The summed E-state index contributed by atoms with van der Waals surface area (Å²) in [5.41, 5.74) is 2.04. The first-order valence-electron chi connectivity index (χ1n) is 10.2. The zero-order chi connectivity index (χ0) is 19.9. The predicted octanol–water partition coefficient (Wildman–Crippen LogP) is 3.26. The van der Waals surface area contributed by atoms with Crippen molar-refractivity contribution >= 4 is 16.9 Å². The highest BCUT2D eigenvalue weighted by Crippen LogP contribution is 2.19. The van der Waals surface area contributed by atoms with E-state index < -0.39 is 0 Å². The molecule has 6 nitrogen and oxygen atoms in total. The van der Waals surface area contributed by atoms with Crippen molar-refractivity contribution in [2.45, 2.75) is 19.3 Å². The van der Waals surface area contributed by atoms with Gasteiger partial charge >= 0.3 is 0 Å². The molecule has 0 spiro atoms. The molecule has 0 bridgehead atoms. The number of rotatable bonds is 8. The molecule has 3 heterocycles. The van der Waals surface area contributed by atoms with Crippen LogP contribution in [0.4, 0.5) is 4.39 Å². The molecule has 7 heteroatoms. The maximum absolute atomic E-state index is 13.6. The highest BCUT2D eigenvalue weighted by Gasteiger charge is 2.15. The fourth-order valence-corrected chi connectivity index (χ4v) is 3.55. The van der Waals surface area contributed by atoms with Crippen LogP contribution in [0.3, 0.4) is 0 Å². The summed E-state index contributed by atoms with van der Waals surface area (Å²) in [5, 5.41) is 7.71. The number of halogens is 1. The van der Waals surface area contributed by atoms with Crippen molar-refractivity contribution in [1.82, 2.24) is 15.6 Å². The average molecular weight is 398 g/mol. The second-order valence-electron chi connectivity index (χ2n) is 7.36. The van der Waals surface area contributed by atoms with Gasteiger partial charge in [0.25, 0.3) is 0 Å². The zero-order valence-corrected chi connectivity index (χ0v) is 16.4. The lowest BCUT2D eigenvalue weighted by Crippen LogP contribution is -2.39. The highest BCUT2D eigenvalue weighted by atomic mass is 19.1. The lowest BCUT2D eigenvalue weighted by molar-refractivity contribution is 0.187. The topological polar surface area (TPSA) is 74.6 Å². The van der Waals surface area contributed by atoms with E-state index in [0.29, 0.717) is 12.5 Å². The Kier molecular flexibility index (Phi) is 6.46. The largest absolute Gasteiger partial charge is 0.469 e. The van der Waals surface area contributed by atoms with Gasteiger partial charge < -0.3 is 24.8 Å². The third-order valence-corrected chi connectivity index (χ3v) is 5.19. The number of H-pyrrole nitrogens is 1. The summed E-state index contributed by atoms with van der Waals surface area (Å²) < 4.78 is 24.4. The molecule has 1 saturated heterocycles. The standard InChI is InChI=1S/C22H27FN4O2/c23-18-3-4-21-20(12-18)17(14-26-21)5-8-24-22(27-13-16-7-11-28-15-16)25-9-6-19-2-1-10-29-19/h1-4,10,12,14,16,26H,5-9,11,13,15H2,(H2,24,25,27). The lowest BCUT2D eigenvalue weighted by Gasteiger charge is -2.13. The summed E-state index contributed by atoms with van der Waals surface area (Å²) in [5.74, 6) is 2.00. The zero-order valence-electron chi connectivity index (χ0n) is 16.4. The number of nitrogens with one attached hydrogen (secondary N) is 3. The third-order valence-electron chi connectivity index (χ3n) is 5.19. The Morgan fingerprint density at radius 3 is 2.90 bits per heavy atom. The van der Waals surface area contributed by atoms with Crippen molar-refractivity contribution < 1.29 is 13.5 Å². The van der Waals surface area contributed by atoms with Gasteiger partial charge in [-0.05, 0) is 48.7 Å². The monoisotopic (exact) mass is 398 g/mol. The minimum Gasteiger partial charge on any atom is -0.469 e. The number of hydrogen-bond acceptors (Lipinski definition) is 3. The molecule has 1 fully saturated rings. The minimum atomic E-state index is -0.216. The fourth-order valence-electron chi connectivity index (χ4n) is 3.55. The van der Waals surface area contributed by atoms with E-state index in [-0.39, 0.29) is 5.82 Å². The van der Waals surface area contributed by atoms with Gasteiger partial charge in [-0.25, -0.2) is 4.39 Å². The van der Waals surface area contributed by atoms with E-state index in [2.05, 4.69) is 15.6 Å². The van der Waals surface area contributed by atoms with Crippen molar-refractivity contribution in [3.05, 3.63) is 59.9 Å². The van der Waals surface area contributed by atoms with Crippen LogP contribution in [0, 0.1) is 11.7 Å². The van der Waals surface area contributed by atoms with E-state index in [9.17, 15) is 4.39 Å². The number of furan rings is 1. The lowest BCUT2D eigenvalue weighted by atomic mass is 10.1. The SMILES string of the molecule is Fc1ccc2[nH]cc(CCNC(=NCC3CCOC3)NCCc3ccco3)c2c1. The van der Waals surface area contributed by atoms with Crippen LogP contribution in [0.1, 0.15) is 17.7 Å². The first-order chi connectivity index (χ1) is 14.3. The van der Waals surface area contributed by atoms with E-state index in [0.717, 1.165) is 73.8 Å². The summed E-state index contributed by atoms with van der Waals surface area (Å²) >= 11 is 0. The number of nitrogens with zero attached hydrogens (tertiary/aromatic N) is 1. The number of aliphatic imine (C=N–C) groups is 1. The molecular formula is C22H27FN4O2. The molecular weight excluding hydrogens is 371 g/mol. The van der Waals surface area contributed by atoms with Crippen molar-refractivity contribution in [3.63, 3.8) is 0 Å². The maximum Gasteiger partial charge on any atom is 0.191 e. The molecule has 1 aliphatic rings. The summed E-state index contributed by atoms with van der Waals surface area (Å²) in [4.78, 5) is 7.94. The van der Waals surface area contributed by atoms with Gasteiger partial charge in [-0.2, -0.15) is 0 Å². The van der Waals surface area contributed by atoms with Gasteiger partial charge in [0.05, 0.1) is 12.9 Å². The van der Waals surface area contributed by atoms with Gasteiger partial charge in [-0.1, -0.05) is 0 Å². The van der Waals surface area contributed by atoms with Crippen LogP contribution in [-0.4, -0.2) is 43.8 Å².